The van der Waals surface area contributed by atoms with Crippen LogP contribution in [0.1, 0.15) is 34.5 Å². The van der Waals surface area contributed by atoms with Gasteiger partial charge in [-0.2, -0.15) is 0 Å². The number of hydrogen-bond donors (Lipinski definition) is 0. The first kappa shape index (κ1) is 20.7. The fraction of sp³-hybridized carbons (Fsp3) is 0.316. The second kappa shape index (κ2) is 7.79. The third-order valence-electron chi connectivity index (χ3n) is 4.96. The number of rotatable bonds is 4. The highest BCUT2D eigenvalue weighted by Gasteiger charge is 2.30. The number of hydroxylamine groups is 1. The van der Waals surface area contributed by atoms with Crippen molar-refractivity contribution in [1.29, 1.82) is 0 Å². The van der Waals surface area contributed by atoms with Crippen LogP contribution in [0.25, 0.3) is 0 Å². The van der Waals surface area contributed by atoms with Gasteiger partial charge in [0.1, 0.15) is 10.7 Å². The van der Waals surface area contributed by atoms with Gasteiger partial charge in [0.2, 0.25) is 0 Å². The van der Waals surface area contributed by atoms with Crippen molar-refractivity contribution < 1.29 is 22.4 Å². The molecular formula is C19H20ClFN2O4S. The summed E-state index contributed by atoms with van der Waals surface area (Å²) in [5.74, 6) is -0.710. The number of benzene rings is 2. The molecule has 0 spiro atoms. The molecule has 1 unspecified atom stereocenters. The van der Waals surface area contributed by atoms with E-state index in [0.29, 0.717) is 17.4 Å². The molecule has 0 fully saturated rings. The molecule has 0 aromatic heterocycles. The molecule has 28 heavy (non-hydrogen) atoms. The van der Waals surface area contributed by atoms with E-state index in [2.05, 4.69) is 0 Å². The monoisotopic (exact) mass is 426 g/mol. The summed E-state index contributed by atoms with van der Waals surface area (Å²) in [6.45, 7) is 2.27. The molecule has 2 aromatic rings. The van der Waals surface area contributed by atoms with E-state index in [1.807, 2.05) is 6.92 Å². The highest BCUT2D eigenvalue weighted by atomic mass is 35.5. The van der Waals surface area contributed by atoms with Gasteiger partial charge < -0.3 is 4.90 Å². The lowest BCUT2D eigenvalue weighted by Gasteiger charge is -2.35. The average Bonchev–Trinajstić information content (AvgIpc) is 2.67. The topological polar surface area (TPSA) is 66.9 Å². The molecule has 0 aliphatic carbocycles. The average molecular weight is 427 g/mol. The summed E-state index contributed by atoms with van der Waals surface area (Å²) in [4.78, 5) is 19.2. The minimum atomic E-state index is -4.02. The van der Waals surface area contributed by atoms with Gasteiger partial charge in [-0.15, -0.1) is 0 Å². The molecule has 1 aliphatic heterocycles. The maximum absolute atomic E-state index is 13.7. The van der Waals surface area contributed by atoms with Crippen LogP contribution in [-0.2, 0) is 21.3 Å². The first-order chi connectivity index (χ1) is 13.2. The van der Waals surface area contributed by atoms with E-state index in [-0.39, 0.29) is 33.2 Å². The molecule has 1 atom stereocenters. The van der Waals surface area contributed by atoms with Gasteiger partial charge in [-0.3, -0.25) is 9.63 Å². The van der Waals surface area contributed by atoms with Crippen LogP contribution in [0.3, 0.4) is 0 Å². The fourth-order valence-corrected chi connectivity index (χ4v) is 4.77. The molecule has 1 aliphatic rings. The van der Waals surface area contributed by atoms with E-state index in [9.17, 15) is 17.6 Å². The van der Waals surface area contributed by atoms with E-state index in [1.54, 1.807) is 11.0 Å². The lowest BCUT2D eigenvalue weighted by molar-refractivity contribution is -0.0258. The maximum atomic E-state index is 13.7. The third kappa shape index (κ3) is 3.65. The molecule has 2 aromatic carbocycles. The van der Waals surface area contributed by atoms with Crippen molar-refractivity contribution in [3.8, 4) is 0 Å². The summed E-state index contributed by atoms with van der Waals surface area (Å²) in [6.07, 6.45) is 0.594. The molecule has 0 saturated heterocycles. The summed E-state index contributed by atoms with van der Waals surface area (Å²) in [6, 6.07) is 8.32. The Labute approximate surface area is 168 Å². The summed E-state index contributed by atoms with van der Waals surface area (Å²) in [5.41, 5.74) is 1.93. The highest BCUT2D eigenvalue weighted by Crippen LogP contribution is 2.32. The maximum Gasteiger partial charge on any atom is 0.266 e. The van der Waals surface area contributed by atoms with Gasteiger partial charge in [0.05, 0.1) is 18.2 Å². The van der Waals surface area contributed by atoms with Gasteiger partial charge in [0.15, 0.2) is 0 Å². The van der Waals surface area contributed by atoms with E-state index >= 15 is 0 Å². The van der Waals surface area contributed by atoms with Gasteiger partial charge in [-0.05, 0) is 54.8 Å². The molecule has 3 rings (SSSR count). The molecule has 0 radical (unpaired) electrons. The minimum Gasteiger partial charge on any atom is -0.332 e. The van der Waals surface area contributed by atoms with Crippen LogP contribution in [-0.4, -0.2) is 44.4 Å². The SMILES string of the molecule is CON(C)S(=O)(=O)c1cc(C(=O)N2CCc3ccc(F)cc3C2C)ccc1Cl. The van der Waals surface area contributed by atoms with Crippen molar-refractivity contribution in [1.82, 2.24) is 9.37 Å². The van der Waals surface area contributed by atoms with Gasteiger partial charge in [-0.25, -0.2) is 12.8 Å². The number of carbonyl (C=O) groups excluding carboxylic acids is 1. The number of fused-ring (bicyclic) bond motifs is 1. The number of amides is 1. The first-order valence-corrected chi connectivity index (χ1v) is 10.4. The highest BCUT2D eigenvalue weighted by molar-refractivity contribution is 7.89. The smallest absolute Gasteiger partial charge is 0.266 e. The Kier molecular flexibility index (Phi) is 5.77. The zero-order valence-electron chi connectivity index (χ0n) is 15.6. The van der Waals surface area contributed by atoms with Crippen LogP contribution in [0.5, 0.6) is 0 Å². The fourth-order valence-electron chi connectivity index (χ4n) is 3.30. The lowest BCUT2D eigenvalue weighted by atomic mass is 9.93. The number of carbonyl (C=O) groups is 1. The molecule has 150 valence electrons. The van der Waals surface area contributed by atoms with Crippen molar-refractivity contribution in [2.75, 3.05) is 20.7 Å². The Hall–Kier alpha value is -2.00. The number of halogens is 2. The summed E-state index contributed by atoms with van der Waals surface area (Å²) < 4.78 is 39.4. The molecule has 0 N–H and O–H groups in total. The predicted molar refractivity (Wildman–Crippen MR) is 103 cm³/mol. The molecule has 0 saturated carbocycles. The summed E-state index contributed by atoms with van der Waals surface area (Å²) in [5, 5.41) is -0.0143. The normalized spacial score (nSPS) is 16.9. The van der Waals surface area contributed by atoms with Crippen LogP contribution < -0.4 is 0 Å². The van der Waals surface area contributed by atoms with Crippen LogP contribution in [0.4, 0.5) is 4.39 Å². The molecule has 1 amide bonds. The summed E-state index contributed by atoms with van der Waals surface area (Å²) >= 11 is 6.06. The molecular weight excluding hydrogens is 407 g/mol. The van der Waals surface area contributed by atoms with E-state index < -0.39 is 10.0 Å². The zero-order valence-corrected chi connectivity index (χ0v) is 17.2. The van der Waals surface area contributed by atoms with E-state index in [0.717, 1.165) is 11.1 Å². The molecule has 0 bridgehead atoms. The Balaban J connectivity index is 1.97. The minimum absolute atomic E-state index is 0.0143. The Morgan fingerprint density at radius 2 is 2.00 bits per heavy atom. The van der Waals surface area contributed by atoms with Crippen molar-refractivity contribution in [2.45, 2.75) is 24.3 Å². The zero-order chi connectivity index (χ0) is 20.6. The first-order valence-electron chi connectivity index (χ1n) is 8.58. The lowest BCUT2D eigenvalue weighted by Crippen LogP contribution is -2.39. The quantitative estimate of drug-likeness (QED) is 0.702. The second-order valence-corrected chi connectivity index (χ2v) is 8.82. The second-order valence-electron chi connectivity index (χ2n) is 6.51. The van der Waals surface area contributed by atoms with Gasteiger partial charge in [-0.1, -0.05) is 22.1 Å². The van der Waals surface area contributed by atoms with Crippen molar-refractivity contribution in [3.63, 3.8) is 0 Å². The van der Waals surface area contributed by atoms with Crippen molar-refractivity contribution >= 4 is 27.5 Å². The van der Waals surface area contributed by atoms with Crippen LogP contribution in [0.15, 0.2) is 41.3 Å². The number of nitrogens with zero attached hydrogens (tertiary/aromatic N) is 2. The molecule has 9 heteroatoms. The van der Waals surface area contributed by atoms with Crippen LogP contribution in [0, 0.1) is 5.82 Å². The summed E-state index contributed by atoms with van der Waals surface area (Å²) in [7, 11) is -1.57. The molecule has 6 nitrogen and oxygen atoms in total. The van der Waals surface area contributed by atoms with Gasteiger partial charge in [0, 0.05) is 19.2 Å². The van der Waals surface area contributed by atoms with E-state index in [4.69, 9.17) is 16.4 Å². The number of hydrogen-bond acceptors (Lipinski definition) is 4. The van der Waals surface area contributed by atoms with Gasteiger partial charge >= 0.3 is 0 Å². The van der Waals surface area contributed by atoms with E-state index in [1.165, 1.54) is 44.5 Å². The van der Waals surface area contributed by atoms with Crippen molar-refractivity contribution in [2.24, 2.45) is 0 Å². The predicted octanol–water partition coefficient (Wildman–Crippen LogP) is 3.42. The Morgan fingerprint density at radius 1 is 1.29 bits per heavy atom. The van der Waals surface area contributed by atoms with Crippen molar-refractivity contribution in [3.05, 3.63) is 63.9 Å². The van der Waals surface area contributed by atoms with Crippen LogP contribution in [0.2, 0.25) is 5.02 Å². The largest absolute Gasteiger partial charge is 0.332 e. The number of sulfonamides is 1. The third-order valence-corrected chi connectivity index (χ3v) is 7.12. The Morgan fingerprint density at radius 3 is 2.68 bits per heavy atom. The van der Waals surface area contributed by atoms with Crippen LogP contribution >= 0.6 is 11.6 Å². The van der Waals surface area contributed by atoms with Gasteiger partial charge in [0.25, 0.3) is 15.9 Å². The standard InChI is InChI=1S/C19H20ClFN2O4S/c1-12-16-11-15(21)6-4-13(16)8-9-23(12)19(24)14-5-7-17(20)18(10-14)28(25,26)22(2)27-3/h4-7,10-12H,8-9H2,1-3H3. The Bertz CT molecular complexity index is 1030. The molecule has 1 heterocycles.